The molecule has 3 aromatic heterocycles. The fourth-order valence-electron chi connectivity index (χ4n) is 2.12. The van der Waals surface area contributed by atoms with Gasteiger partial charge in [-0.25, -0.2) is 9.97 Å². The summed E-state index contributed by atoms with van der Waals surface area (Å²) in [5, 5.41) is 8.89. The van der Waals surface area contributed by atoms with Gasteiger partial charge in [-0.2, -0.15) is 0 Å². The summed E-state index contributed by atoms with van der Waals surface area (Å²) in [6, 6.07) is -0.149. The first kappa shape index (κ1) is 15.0. The van der Waals surface area contributed by atoms with Crippen LogP contribution in [0.2, 0.25) is 0 Å². The maximum absolute atomic E-state index is 12.4. The quantitative estimate of drug-likeness (QED) is 0.752. The van der Waals surface area contributed by atoms with Crippen LogP contribution in [-0.4, -0.2) is 26.8 Å². The van der Waals surface area contributed by atoms with E-state index < -0.39 is 0 Å². The zero-order valence-electron chi connectivity index (χ0n) is 12.6. The molecule has 3 aromatic rings. The average Bonchev–Trinajstić information content (AvgIpc) is 3.12. The summed E-state index contributed by atoms with van der Waals surface area (Å²) in [5.74, 6) is -0.108. The molecule has 6 nitrogen and oxygen atoms in total. The van der Waals surface area contributed by atoms with Crippen LogP contribution in [0.1, 0.15) is 40.9 Å². The van der Waals surface area contributed by atoms with Crippen molar-refractivity contribution >= 4 is 38.7 Å². The van der Waals surface area contributed by atoms with Crippen LogP contribution in [-0.2, 0) is 0 Å². The van der Waals surface area contributed by atoms with E-state index in [9.17, 15) is 4.79 Å². The van der Waals surface area contributed by atoms with E-state index in [1.807, 2.05) is 42.9 Å². The first-order valence-corrected chi connectivity index (χ1v) is 8.72. The molecule has 0 bridgehead atoms. The molecule has 1 atom stereocenters. The molecular formula is C14H17N5OS2. The van der Waals surface area contributed by atoms with Crippen LogP contribution >= 0.6 is 22.7 Å². The number of amides is 1. The monoisotopic (exact) mass is 335 g/mol. The van der Waals surface area contributed by atoms with Gasteiger partial charge in [0.25, 0.3) is 5.91 Å². The number of carbonyl (C=O) groups is 1. The number of rotatable bonds is 5. The van der Waals surface area contributed by atoms with E-state index in [-0.39, 0.29) is 11.9 Å². The number of thiazole rings is 2. The summed E-state index contributed by atoms with van der Waals surface area (Å²) in [6.45, 7) is 6.58. The lowest BCUT2D eigenvalue weighted by atomic mass is 10.2. The van der Waals surface area contributed by atoms with Crippen LogP contribution < -0.4 is 10.6 Å². The number of nitrogens with one attached hydrogen (secondary N) is 2. The molecule has 0 saturated carbocycles. The van der Waals surface area contributed by atoms with Gasteiger partial charge in [0.15, 0.2) is 10.1 Å². The molecule has 116 valence electrons. The van der Waals surface area contributed by atoms with E-state index in [1.54, 1.807) is 11.3 Å². The molecule has 0 aromatic carbocycles. The number of aryl methyl sites for hydroxylation is 1. The molecule has 3 rings (SSSR count). The van der Waals surface area contributed by atoms with Crippen LogP contribution in [0.15, 0.2) is 17.8 Å². The molecule has 2 N–H and O–H groups in total. The minimum atomic E-state index is -0.149. The highest BCUT2D eigenvalue weighted by atomic mass is 32.1. The second-order valence-electron chi connectivity index (χ2n) is 4.92. The molecule has 22 heavy (non-hydrogen) atoms. The minimum Gasteiger partial charge on any atom is -0.362 e. The van der Waals surface area contributed by atoms with Crippen molar-refractivity contribution in [1.82, 2.24) is 19.7 Å². The third-order valence-corrected chi connectivity index (χ3v) is 5.12. The SMILES string of the molecule is CCNc1nc(C)c(C(=O)N[C@H](C)c2cn3ccsc3n2)s1. The van der Waals surface area contributed by atoms with Gasteiger partial charge in [0, 0.05) is 24.3 Å². The Kier molecular flexibility index (Phi) is 4.12. The number of aromatic nitrogens is 3. The molecule has 0 aliphatic carbocycles. The summed E-state index contributed by atoms with van der Waals surface area (Å²) in [7, 11) is 0. The Morgan fingerprint density at radius 3 is 3.00 bits per heavy atom. The van der Waals surface area contributed by atoms with Crippen molar-refractivity contribution in [2.45, 2.75) is 26.8 Å². The van der Waals surface area contributed by atoms with Crippen molar-refractivity contribution in [2.24, 2.45) is 0 Å². The van der Waals surface area contributed by atoms with E-state index in [1.165, 1.54) is 11.3 Å². The van der Waals surface area contributed by atoms with Crippen molar-refractivity contribution in [1.29, 1.82) is 0 Å². The number of anilines is 1. The third-order valence-electron chi connectivity index (χ3n) is 3.23. The number of nitrogens with zero attached hydrogens (tertiary/aromatic N) is 3. The molecule has 1 amide bonds. The van der Waals surface area contributed by atoms with Gasteiger partial charge in [-0.3, -0.25) is 9.20 Å². The first-order chi connectivity index (χ1) is 10.6. The van der Waals surface area contributed by atoms with Crippen molar-refractivity contribution in [2.75, 3.05) is 11.9 Å². The zero-order chi connectivity index (χ0) is 15.7. The predicted molar refractivity (Wildman–Crippen MR) is 90.0 cm³/mol. The van der Waals surface area contributed by atoms with Crippen molar-refractivity contribution < 1.29 is 4.79 Å². The smallest absolute Gasteiger partial charge is 0.263 e. The van der Waals surface area contributed by atoms with Crippen LogP contribution in [0.3, 0.4) is 0 Å². The summed E-state index contributed by atoms with van der Waals surface area (Å²) >= 11 is 2.95. The van der Waals surface area contributed by atoms with E-state index in [4.69, 9.17) is 0 Å². The first-order valence-electron chi connectivity index (χ1n) is 7.02. The fourth-order valence-corrected chi connectivity index (χ4v) is 3.77. The number of fused-ring (bicyclic) bond motifs is 1. The maximum Gasteiger partial charge on any atom is 0.263 e. The van der Waals surface area contributed by atoms with Crippen molar-refractivity contribution in [3.8, 4) is 0 Å². The van der Waals surface area contributed by atoms with Crippen molar-refractivity contribution in [3.05, 3.63) is 34.0 Å². The molecule has 0 fully saturated rings. The van der Waals surface area contributed by atoms with Gasteiger partial charge in [-0.15, -0.1) is 11.3 Å². The second-order valence-corrected chi connectivity index (χ2v) is 6.79. The molecule has 3 heterocycles. The van der Waals surface area contributed by atoms with Crippen LogP contribution in [0.4, 0.5) is 5.13 Å². The van der Waals surface area contributed by atoms with Crippen LogP contribution in [0.25, 0.3) is 4.96 Å². The van der Waals surface area contributed by atoms with Gasteiger partial charge in [-0.1, -0.05) is 11.3 Å². The average molecular weight is 335 g/mol. The molecule has 0 spiro atoms. The Morgan fingerprint density at radius 2 is 2.27 bits per heavy atom. The normalized spacial score (nSPS) is 12.5. The summed E-state index contributed by atoms with van der Waals surface area (Å²) in [6.07, 6.45) is 3.90. The van der Waals surface area contributed by atoms with Gasteiger partial charge in [-0.05, 0) is 20.8 Å². The molecule has 0 radical (unpaired) electrons. The topological polar surface area (TPSA) is 71.3 Å². The lowest BCUT2D eigenvalue weighted by Crippen LogP contribution is -2.26. The number of hydrogen-bond acceptors (Lipinski definition) is 6. The Hall–Kier alpha value is -1.93. The van der Waals surface area contributed by atoms with Gasteiger partial charge < -0.3 is 10.6 Å². The third kappa shape index (κ3) is 2.84. The predicted octanol–water partition coefficient (Wildman–Crippen LogP) is 3.08. The summed E-state index contributed by atoms with van der Waals surface area (Å²) in [5.41, 5.74) is 1.60. The second kappa shape index (κ2) is 6.05. The van der Waals surface area contributed by atoms with E-state index >= 15 is 0 Å². The van der Waals surface area contributed by atoms with Gasteiger partial charge in [0.1, 0.15) is 4.88 Å². The van der Waals surface area contributed by atoms with Gasteiger partial charge in [0.05, 0.1) is 17.4 Å². The summed E-state index contributed by atoms with van der Waals surface area (Å²) in [4.78, 5) is 22.9. The largest absolute Gasteiger partial charge is 0.362 e. The summed E-state index contributed by atoms with van der Waals surface area (Å²) < 4.78 is 1.96. The molecule has 0 unspecified atom stereocenters. The standard InChI is InChI=1S/C14H17N5OS2/c1-4-15-13-17-9(3)11(22-13)12(20)16-8(2)10-7-19-5-6-21-14(19)18-10/h5-8H,4H2,1-3H3,(H,15,17)(H,16,20)/t8-/m1/s1. The van der Waals surface area contributed by atoms with E-state index in [2.05, 4.69) is 20.6 Å². The van der Waals surface area contributed by atoms with Gasteiger partial charge >= 0.3 is 0 Å². The Labute approximate surface area is 136 Å². The number of imidazole rings is 1. The van der Waals surface area contributed by atoms with Crippen LogP contribution in [0, 0.1) is 6.92 Å². The maximum atomic E-state index is 12.4. The zero-order valence-corrected chi connectivity index (χ0v) is 14.2. The molecule has 0 aliphatic rings. The molecular weight excluding hydrogens is 318 g/mol. The Morgan fingerprint density at radius 1 is 1.45 bits per heavy atom. The number of hydrogen-bond donors (Lipinski definition) is 2. The highest BCUT2D eigenvalue weighted by Crippen LogP contribution is 2.23. The lowest BCUT2D eigenvalue weighted by Gasteiger charge is -2.10. The highest BCUT2D eigenvalue weighted by molar-refractivity contribution is 7.17. The van der Waals surface area contributed by atoms with Crippen molar-refractivity contribution in [3.63, 3.8) is 0 Å². The Bertz CT molecular complexity index is 775. The molecule has 0 aliphatic heterocycles. The Balaban J connectivity index is 1.74. The lowest BCUT2D eigenvalue weighted by molar-refractivity contribution is 0.0942. The number of carbonyl (C=O) groups excluding carboxylic acids is 1. The van der Waals surface area contributed by atoms with E-state index in [0.717, 1.165) is 28.0 Å². The fraction of sp³-hybridized carbons (Fsp3) is 0.357. The minimum absolute atomic E-state index is 0.108. The van der Waals surface area contributed by atoms with Crippen LogP contribution in [0.5, 0.6) is 0 Å². The van der Waals surface area contributed by atoms with Gasteiger partial charge in [0.2, 0.25) is 0 Å². The molecule has 8 heteroatoms. The van der Waals surface area contributed by atoms with E-state index in [0.29, 0.717) is 4.88 Å². The highest BCUT2D eigenvalue weighted by Gasteiger charge is 2.19. The molecule has 0 saturated heterocycles.